The minimum absolute atomic E-state index is 0.0183. The lowest BCUT2D eigenvalue weighted by Crippen LogP contribution is -1.95. The predicted molar refractivity (Wildman–Crippen MR) is 113 cm³/mol. The summed E-state index contributed by atoms with van der Waals surface area (Å²) in [5, 5.41) is 13.8. The maximum absolute atomic E-state index is 11.3. The van der Waals surface area contributed by atoms with Crippen LogP contribution in [0.5, 0.6) is 0 Å². The summed E-state index contributed by atoms with van der Waals surface area (Å²) in [7, 11) is 0. The first-order chi connectivity index (χ1) is 13.0. The van der Waals surface area contributed by atoms with Crippen molar-refractivity contribution in [1.29, 1.82) is 0 Å². The molecule has 0 saturated carbocycles. The van der Waals surface area contributed by atoms with Gasteiger partial charge in [0.05, 0.1) is 9.95 Å². The topological polar surface area (TPSA) is 56.0 Å². The van der Waals surface area contributed by atoms with Crippen molar-refractivity contribution in [3.63, 3.8) is 0 Å². The van der Waals surface area contributed by atoms with Crippen LogP contribution >= 0.6 is 46.7 Å². The minimum Gasteiger partial charge on any atom is -0.258 e. The second-order valence-electron chi connectivity index (χ2n) is 5.56. The molecule has 0 unspecified atom stereocenters. The lowest BCUT2D eigenvalue weighted by molar-refractivity contribution is -0.388. The molecule has 1 aromatic heterocycles. The van der Waals surface area contributed by atoms with Crippen molar-refractivity contribution < 1.29 is 4.92 Å². The van der Waals surface area contributed by atoms with Gasteiger partial charge in [-0.25, -0.2) is 4.98 Å². The Kier molecular flexibility index (Phi) is 7.01. The molecule has 27 heavy (non-hydrogen) atoms. The van der Waals surface area contributed by atoms with E-state index in [1.165, 1.54) is 29.6 Å². The number of hydrogen-bond donors (Lipinski definition) is 0. The maximum Gasteiger partial charge on any atom is 0.301 e. The van der Waals surface area contributed by atoms with Gasteiger partial charge in [-0.3, -0.25) is 10.1 Å². The van der Waals surface area contributed by atoms with Crippen LogP contribution in [0.25, 0.3) is 0 Å². The van der Waals surface area contributed by atoms with Crippen LogP contribution in [0.15, 0.2) is 70.7 Å². The van der Waals surface area contributed by atoms with E-state index in [0.717, 1.165) is 16.2 Å². The third-order valence-corrected chi connectivity index (χ3v) is 6.16. The van der Waals surface area contributed by atoms with Gasteiger partial charge in [-0.15, -0.1) is 11.8 Å². The van der Waals surface area contributed by atoms with Crippen LogP contribution in [0.2, 0.25) is 10.0 Å². The summed E-state index contributed by atoms with van der Waals surface area (Å²) in [6.45, 7) is 0. The van der Waals surface area contributed by atoms with Crippen LogP contribution in [0, 0.1) is 10.1 Å². The molecule has 3 aromatic rings. The van der Waals surface area contributed by atoms with Gasteiger partial charge in [0.25, 0.3) is 0 Å². The second kappa shape index (κ2) is 9.46. The molecule has 0 fully saturated rings. The summed E-state index contributed by atoms with van der Waals surface area (Å²) in [6.07, 6.45) is 0. The molecule has 0 radical (unpaired) electrons. The van der Waals surface area contributed by atoms with Gasteiger partial charge in [-0.1, -0.05) is 59.2 Å². The fourth-order valence-electron chi connectivity index (χ4n) is 2.21. The van der Waals surface area contributed by atoms with Gasteiger partial charge in [0.2, 0.25) is 0 Å². The Morgan fingerprint density at radius 2 is 1.33 bits per heavy atom. The highest BCUT2D eigenvalue weighted by Crippen LogP contribution is 2.33. The van der Waals surface area contributed by atoms with E-state index >= 15 is 0 Å². The quantitative estimate of drug-likeness (QED) is 0.229. The first kappa shape index (κ1) is 20.0. The fourth-order valence-corrected chi connectivity index (χ4v) is 4.30. The van der Waals surface area contributed by atoms with Crippen molar-refractivity contribution >= 4 is 52.4 Å². The van der Waals surface area contributed by atoms with Gasteiger partial charge in [0, 0.05) is 27.6 Å². The average molecular weight is 437 g/mol. The van der Waals surface area contributed by atoms with Crippen molar-refractivity contribution in [2.24, 2.45) is 0 Å². The Morgan fingerprint density at radius 1 is 0.815 bits per heavy atom. The summed E-state index contributed by atoms with van der Waals surface area (Å²) in [6, 6.07) is 18.2. The molecule has 4 nitrogen and oxygen atoms in total. The van der Waals surface area contributed by atoms with Crippen LogP contribution < -0.4 is 0 Å². The average Bonchev–Trinajstić information content (AvgIpc) is 2.67. The summed E-state index contributed by atoms with van der Waals surface area (Å²) in [5.74, 6) is 1.29. The minimum atomic E-state index is -0.398. The summed E-state index contributed by atoms with van der Waals surface area (Å²) in [5.41, 5.74) is 2.16. The summed E-state index contributed by atoms with van der Waals surface area (Å²) in [4.78, 5) is 15.4. The monoisotopic (exact) mass is 436 g/mol. The van der Waals surface area contributed by atoms with E-state index in [1.807, 2.05) is 36.4 Å². The Hall–Kier alpha value is -1.73. The highest BCUT2D eigenvalue weighted by Gasteiger charge is 2.17. The van der Waals surface area contributed by atoms with Gasteiger partial charge in [-0.2, -0.15) is 0 Å². The molecule has 0 aliphatic heterocycles. The number of nitrogens with zero attached hydrogens (tertiary/aromatic N) is 2. The molecule has 2 aromatic carbocycles. The molecule has 0 aliphatic carbocycles. The Balaban J connectivity index is 1.72. The molecule has 1 heterocycles. The molecule has 0 aliphatic rings. The summed E-state index contributed by atoms with van der Waals surface area (Å²) < 4.78 is 0. The SMILES string of the molecule is O=[N+]([O-])c1ccc(SCc2ccc(Cl)cc2)nc1SCc1ccc(Cl)cc1. The van der Waals surface area contributed by atoms with Crippen molar-refractivity contribution in [3.05, 3.63) is 92.0 Å². The standard InChI is InChI=1S/C19H14Cl2N2O2S2/c20-15-5-1-13(2-6-15)11-26-18-10-9-17(23(24)25)19(22-18)27-12-14-3-7-16(21)8-4-14/h1-10H,11-12H2. The third-order valence-electron chi connectivity index (χ3n) is 3.60. The molecule has 3 rings (SSSR count). The normalized spacial score (nSPS) is 10.7. The third kappa shape index (κ3) is 5.87. The van der Waals surface area contributed by atoms with E-state index in [9.17, 15) is 10.1 Å². The van der Waals surface area contributed by atoms with Crippen molar-refractivity contribution in [1.82, 2.24) is 4.98 Å². The largest absolute Gasteiger partial charge is 0.301 e. The van der Waals surface area contributed by atoms with E-state index in [2.05, 4.69) is 4.98 Å². The van der Waals surface area contributed by atoms with E-state index in [0.29, 0.717) is 26.6 Å². The molecule has 0 N–H and O–H groups in total. The zero-order chi connectivity index (χ0) is 19.2. The highest BCUT2D eigenvalue weighted by molar-refractivity contribution is 7.99. The van der Waals surface area contributed by atoms with Crippen LogP contribution in [0.4, 0.5) is 5.69 Å². The number of benzene rings is 2. The number of hydrogen-bond acceptors (Lipinski definition) is 5. The highest BCUT2D eigenvalue weighted by atomic mass is 35.5. The zero-order valence-electron chi connectivity index (χ0n) is 14.0. The molecule has 138 valence electrons. The molecule has 0 spiro atoms. The smallest absolute Gasteiger partial charge is 0.258 e. The van der Waals surface area contributed by atoms with Crippen molar-refractivity contribution in [2.75, 3.05) is 0 Å². The number of rotatable bonds is 7. The van der Waals surface area contributed by atoms with Gasteiger partial charge >= 0.3 is 5.69 Å². The van der Waals surface area contributed by atoms with E-state index in [-0.39, 0.29) is 5.69 Å². The second-order valence-corrected chi connectivity index (χ2v) is 8.39. The Labute approximate surface area is 175 Å². The van der Waals surface area contributed by atoms with Gasteiger partial charge < -0.3 is 0 Å². The van der Waals surface area contributed by atoms with E-state index in [1.54, 1.807) is 18.2 Å². The van der Waals surface area contributed by atoms with Crippen LogP contribution in [0.1, 0.15) is 11.1 Å². The Bertz CT molecular complexity index is 935. The maximum atomic E-state index is 11.3. The number of pyridine rings is 1. The molecule has 0 saturated heterocycles. The number of nitro groups is 1. The molecule has 0 bridgehead atoms. The lowest BCUT2D eigenvalue weighted by atomic mass is 10.2. The molecule has 0 atom stereocenters. The van der Waals surface area contributed by atoms with Crippen LogP contribution in [-0.2, 0) is 11.5 Å². The molecular weight excluding hydrogens is 423 g/mol. The number of thioether (sulfide) groups is 2. The Morgan fingerprint density at radius 3 is 1.85 bits per heavy atom. The van der Waals surface area contributed by atoms with E-state index in [4.69, 9.17) is 23.2 Å². The fraction of sp³-hybridized carbons (Fsp3) is 0.105. The van der Waals surface area contributed by atoms with Crippen LogP contribution in [-0.4, -0.2) is 9.91 Å². The lowest BCUT2D eigenvalue weighted by Gasteiger charge is -2.06. The molecular formula is C19H14Cl2N2O2S2. The molecule has 8 heteroatoms. The predicted octanol–water partition coefficient (Wildman–Crippen LogP) is 6.88. The van der Waals surface area contributed by atoms with Crippen LogP contribution in [0.3, 0.4) is 0 Å². The van der Waals surface area contributed by atoms with Crippen molar-refractivity contribution in [2.45, 2.75) is 21.6 Å². The van der Waals surface area contributed by atoms with Gasteiger partial charge in [-0.05, 0) is 41.5 Å². The first-order valence-electron chi connectivity index (χ1n) is 7.91. The van der Waals surface area contributed by atoms with E-state index < -0.39 is 4.92 Å². The number of aromatic nitrogens is 1. The summed E-state index contributed by atoms with van der Waals surface area (Å²) >= 11 is 14.7. The molecule has 0 amide bonds. The van der Waals surface area contributed by atoms with Gasteiger partial charge in [0.1, 0.15) is 0 Å². The zero-order valence-corrected chi connectivity index (χ0v) is 17.1. The first-order valence-corrected chi connectivity index (χ1v) is 10.6. The number of halogens is 2. The van der Waals surface area contributed by atoms with Gasteiger partial charge in [0.15, 0.2) is 5.03 Å². The van der Waals surface area contributed by atoms with Crippen molar-refractivity contribution in [3.8, 4) is 0 Å².